The highest BCUT2D eigenvalue weighted by atomic mass is 32.2. The summed E-state index contributed by atoms with van der Waals surface area (Å²) in [4.78, 5) is 22.3. The third-order valence-electron chi connectivity index (χ3n) is 7.79. The van der Waals surface area contributed by atoms with Gasteiger partial charge in [-0.1, -0.05) is 0 Å². The smallest absolute Gasteiger partial charge is 0.279 e. The van der Waals surface area contributed by atoms with Crippen molar-refractivity contribution in [2.24, 2.45) is 0 Å². The fraction of sp³-hybridized carbons (Fsp3) is 0.708. The average Bonchev–Trinajstić information content (AvgIpc) is 3.49. The van der Waals surface area contributed by atoms with Crippen molar-refractivity contribution >= 4 is 27.2 Å². The number of aromatic nitrogens is 3. The van der Waals surface area contributed by atoms with Gasteiger partial charge in [0.05, 0.1) is 17.7 Å². The molecule has 0 spiro atoms. The molecule has 3 fully saturated rings. The predicted octanol–water partition coefficient (Wildman–Crippen LogP) is 1.47. The van der Waals surface area contributed by atoms with E-state index >= 15 is 0 Å². The molecule has 11 nitrogen and oxygen atoms in total. The quantitative estimate of drug-likeness (QED) is 0.499. The van der Waals surface area contributed by atoms with Crippen LogP contribution in [-0.4, -0.2) is 76.4 Å². The molecule has 2 unspecified atom stereocenters. The van der Waals surface area contributed by atoms with Gasteiger partial charge in [0.25, 0.3) is 15.8 Å². The second kappa shape index (κ2) is 9.97. The molecular formula is C24H36N6O5S. The molecule has 3 atom stereocenters. The molecule has 3 N–H and O–H groups in total. The Bertz CT molecular complexity index is 1270. The van der Waals surface area contributed by atoms with Gasteiger partial charge in [-0.25, -0.2) is 4.98 Å². The van der Waals surface area contributed by atoms with Gasteiger partial charge in [0, 0.05) is 49.4 Å². The van der Waals surface area contributed by atoms with Gasteiger partial charge >= 0.3 is 0 Å². The van der Waals surface area contributed by atoms with E-state index in [-0.39, 0.29) is 23.7 Å². The van der Waals surface area contributed by atoms with Crippen molar-refractivity contribution in [3.63, 3.8) is 0 Å². The van der Waals surface area contributed by atoms with Crippen LogP contribution in [0.2, 0.25) is 0 Å². The van der Waals surface area contributed by atoms with Crippen LogP contribution in [0.3, 0.4) is 0 Å². The minimum absolute atomic E-state index is 0.00674. The van der Waals surface area contributed by atoms with E-state index in [1.807, 2.05) is 0 Å². The van der Waals surface area contributed by atoms with Crippen molar-refractivity contribution in [1.29, 1.82) is 0 Å². The maximum Gasteiger partial charge on any atom is 0.279 e. The van der Waals surface area contributed by atoms with Crippen LogP contribution >= 0.6 is 0 Å². The molecule has 0 amide bonds. The zero-order valence-electron chi connectivity index (χ0n) is 20.9. The van der Waals surface area contributed by atoms with Crippen LogP contribution in [-0.2, 0) is 14.9 Å². The number of ether oxygens (including phenoxy) is 1. The Balaban J connectivity index is 1.28. The van der Waals surface area contributed by atoms with E-state index in [0.29, 0.717) is 69.1 Å². The second-order valence-corrected chi connectivity index (χ2v) is 12.3. The van der Waals surface area contributed by atoms with Crippen molar-refractivity contribution in [2.45, 2.75) is 82.6 Å². The Hall–Kier alpha value is -2.12. The molecule has 0 bridgehead atoms. The fourth-order valence-corrected chi connectivity index (χ4v) is 6.94. The summed E-state index contributed by atoms with van der Waals surface area (Å²) in [5, 5.41) is 15.0. The van der Waals surface area contributed by atoms with E-state index in [1.165, 1.54) is 4.31 Å². The van der Waals surface area contributed by atoms with Gasteiger partial charge in [-0.2, -0.15) is 22.4 Å². The summed E-state index contributed by atoms with van der Waals surface area (Å²) in [6.45, 7) is 5.33. The SMILES string of the molecule is Cc1cc2cnc(NC3CCN(S(=O)(=O)NC[C@H]4CCCO4)CC3)nc2n(C2CCCC2(C)O)c1=O. The van der Waals surface area contributed by atoms with Gasteiger partial charge in [0.2, 0.25) is 5.95 Å². The topological polar surface area (TPSA) is 139 Å². The Labute approximate surface area is 211 Å². The van der Waals surface area contributed by atoms with Crippen molar-refractivity contribution < 1.29 is 18.3 Å². The molecule has 2 aromatic rings. The molecule has 2 aromatic heterocycles. The number of aryl methyl sites for hydroxylation is 1. The van der Waals surface area contributed by atoms with Gasteiger partial charge in [-0.05, 0) is 64.9 Å². The molecule has 36 heavy (non-hydrogen) atoms. The van der Waals surface area contributed by atoms with Gasteiger partial charge in [-0.15, -0.1) is 0 Å². The predicted molar refractivity (Wildman–Crippen MR) is 136 cm³/mol. The van der Waals surface area contributed by atoms with E-state index < -0.39 is 15.8 Å². The summed E-state index contributed by atoms with van der Waals surface area (Å²) >= 11 is 0. The van der Waals surface area contributed by atoms with Crippen molar-refractivity contribution in [2.75, 3.05) is 31.6 Å². The van der Waals surface area contributed by atoms with Gasteiger partial charge in [0.15, 0.2) is 0 Å². The summed E-state index contributed by atoms with van der Waals surface area (Å²) in [5.74, 6) is 0.398. The van der Waals surface area contributed by atoms with E-state index in [9.17, 15) is 18.3 Å². The maximum atomic E-state index is 13.1. The van der Waals surface area contributed by atoms with Gasteiger partial charge < -0.3 is 15.2 Å². The highest BCUT2D eigenvalue weighted by molar-refractivity contribution is 7.87. The summed E-state index contributed by atoms with van der Waals surface area (Å²) in [6.07, 6.45) is 6.93. The number of anilines is 1. The first-order valence-corrected chi connectivity index (χ1v) is 14.3. The van der Waals surface area contributed by atoms with Gasteiger partial charge in [0.1, 0.15) is 5.65 Å². The molecule has 198 valence electrons. The molecule has 5 rings (SSSR count). The van der Waals surface area contributed by atoms with Crippen LogP contribution in [0.1, 0.15) is 63.5 Å². The number of fused-ring (bicyclic) bond motifs is 1. The van der Waals surface area contributed by atoms with Crippen molar-refractivity contribution in [1.82, 2.24) is 23.6 Å². The van der Waals surface area contributed by atoms with Crippen LogP contribution < -0.4 is 15.6 Å². The molecule has 0 radical (unpaired) electrons. The lowest BCUT2D eigenvalue weighted by atomic mass is 9.99. The zero-order valence-corrected chi connectivity index (χ0v) is 21.8. The Morgan fingerprint density at radius 3 is 2.67 bits per heavy atom. The van der Waals surface area contributed by atoms with E-state index in [1.54, 1.807) is 30.7 Å². The first-order chi connectivity index (χ1) is 17.1. The number of pyridine rings is 1. The molecule has 1 aliphatic carbocycles. The largest absolute Gasteiger partial charge is 0.388 e. The number of hydrogen-bond donors (Lipinski definition) is 3. The summed E-state index contributed by atoms with van der Waals surface area (Å²) in [7, 11) is -3.55. The average molecular weight is 521 g/mol. The lowest BCUT2D eigenvalue weighted by molar-refractivity contribution is 0.0266. The summed E-state index contributed by atoms with van der Waals surface area (Å²) in [5.41, 5.74) is -0.0163. The number of aliphatic hydroxyl groups is 1. The molecule has 1 saturated carbocycles. The zero-order chi connectivity index (χ0) is 25.5. The molecule has 12 heteroatoms. The molecular weight excluding hydrogens is 484 g/mol. The Morgan fingerprint density at radius 2 is 2.00 bits per heavy atom. The standard InChI is InChI=1S/C24H36N6O5S/c1-16-13-17-14-25-23(28-21(17)30(22(16)31)20-6-3-9-24(20,2)32)27-18-7-10-29(11-8-18)36(33,34)26-15-19-5-4-12-35-19/h13-14,18-20,26,32H,3-12,15H2,1-2H3,(H,25,27,28)/t19-,20?,24?/m1/s1. The third-order valence-corrected chi connectivity index (χ3v) is 9.36. The fourth-order valence-electron chi connectivity index (χ4n) is 5.67. The van der Waals surface area contributed by atoms with Crippen molar-refractivity contribution in [3.05, 3.63) is 28.2 Å². The summed E-state index contributed by atoms with van der Waals surface area (Å²) < 4.78 is 36.7. The Kier molecular flexibility index (Phi) is 7.07. The first kappa shape index (κ1) is 25.5. The Morgan fingerprint density at radius 1 is 1.22 bits per heavy atom. The van der Waals surface area contributed by atoms with Crippen LogP contribution in [0.4, 0.5) is 5.95 Å². The maximum absolute atomic E-state index is 13.1. The molecule has 2 saturated heterocycles. The van der Waals surface area contributed by atoms with E-state index in [4.69, 9.17) is 9.72 Å². The monoisotopic (exact) mass is 520 g/mol. The number of nitrogens with one attached hydrogen (secondary N) is 2. The number of hydrogen-bond acceptors (Lipinski definition) is 8. The van der Waals surface area contributed by atoms with Crippen LogP contribution in [0.25, 0.3) is 11.0 Å². The normalized spacial score (nSPS) is 28.2. The van der Waals surface area contributed by atoms with Crippen LogP contribution in [0, 0.1) is 6.92 Å². The highest BCUT2D eigenvalue weighted by Crippen LogP contribution is 2.39. The third kappa shape index (κ3) is 5.14. The highest BCUT2D eigenvalue weighted by Gasteiger charge is 2.39. The number of piperidine rings is 1. The molecule has 3 aliphatic rings. The van der Waals surface area contributed by atoms with Crippen molar-refractivity contribution in [3.8, 4) is 0 Å². The molecule has 2 aliphatic heterocycles. The lowest BCUT2D eigenvalue weighted by Gasteiger charge is -2.32. The second-order valence-electron chi connectivity index (χ2n) is 10.5. The van der Waals surface area contributed by atoms with E-state index in [0.717, 1.165) is 24.6 Å². The number of nitrogens with zero attached hydrogens (tertiary/aromatic N) is 4. The molecule has 4 heterocycles. The van der Waals surface area contributed by atoms with E-state index in [2.05, 4.69) is 15.0 Å². The van der Waals surface area contributed by atoms with Gasteiger partial charge in [-0.3, -0.25) is 9.36 Å². The first-order valence-electron chi connectivity index (χ1n) is 12.9. The lowest BCUT2D eigenvalue weighted by Crippen LogP contribution is -2.48. The molecule has 0 aromatic carbocycles. The summed E-state index contributed by atoms with van der Waals surface area (Å²) in [6, 6.07) is 1.45. The number of rotatable bonds is 7. The van der Waals surface area contributed by atoms with Crippen LogP contribution in [0.5, 0.6) is 0 Å². The van der Waals surface area contributed by atoms with Crippen LogP contribution in [0.15, 0.2) is 17.1 Å². The minimum atomic E-state index is -3.55. The minimum Gasteiger partial charge on any atom is -0.388 e.